The van der Waals surface area contributed by atoms with Crippen LogP contribution in [0.1, 0.15) is 51.0 Å². The Bertz CT molecular complexity index is 552. The Morgan fingerprint density at radius 3 is 2.81 bits per heavy atom. The quantitative estimate of drug-likeness (QED) is 0.797. The van der Waals surface area contributed by atoms with E-state index in [2.05, 4.69) is 36.1 Å². The zero-order valence-corrected chi connectivity index (χ0v) is 12.9. The van der Waals surface area contributed by atoms with Gasteiger partial charge in [-0.25, -0.2) is 0 Å². The highest BCUT2D eigenvalue weighted by Gasteiger charge is 2.41. The number of carbonyl (C=O) groups is 1. The molecule has 0 aromatic heterocycles. The summed E-state index contributed by atoms with van der Waals surface area (Å²) in [5, 5.41) is 0. The van der Waals surface area contributed by atoms with Gasteiger partial charge in [-0.2, -0.15) is 0 Å². The Morgan fingerprint density at radius 2 is 2.05 bits per heavy atom. The second kappa shape index (κ2) is 5.15. The van der Waals surface area contributed by atoms with Gasteiger partial charge in [0.25, 0.3) is 0 Å². The Labute approximate surface area is 127 Å². The standard InChI is InChI=1S/C19H25NO/c1-13-6-8-15-4-2-3-5-18(15)20(13)19(21)12-17-11-14-7-9-16(17)10-14/h2-5,13-14,16-17H,6-12H2,1H3. The van der Waals surface area contributed by atoms with E-state index < -0.39 is 0 Å². The molecule has 0 saturated heterocycles. The molecule has 4 rings (SSSR count). The summed E-state index contributed by atoms with van der Waals surface area (Å²) in [6.45, 7) is 2.20. The molecule has 1 aliphatic heterocycles. The van der Waals surface area contributed by atoms with Crippen LogP contribution >= 0.6 is 0 Å². The number of fused-ring (bicyclic) bond motifs is 3. The molecular weight excluding hydrogens is 258 g/mol. The van der Waals surface area contributed by atoms with Gasteiger partial charge < -0.3 is 4.90 Å². The first-order valence-corrected chi connectivity index (χ1v) is 8.62. The zero-order chi connectivity index (χ0) is 14.4. The predicted octanol–water partition coefficient (Wildman–Crippen LogP) is 4.18. The predicted molar refractivity (Wildman–Crippen MR) is 85.3 cm³/mol. The normalized spacial score (nSPS) is 34.0. The molecule has 1 heterocycles. The number of para-hydroxylation sites is 1. The van der Waals surface area contributed by atoms with Crippen LogP contribution in [0.5, 0.6) is 0 Å². The molecule has 4 atom stereocenters. The Balaban J connectivity index is 1.53. The monoisotopic (exact) mass is 283 g/mol. The molecule has 3 aliphatic rings. The molecule has 4 unspecified atom stereocenters. The van der Waals surface area contributed by atoms with Crippen LogP contribution in [0.3, 0.4) is 0 Å². The molecule has 2 saturated carbocycles. The third-order valence-corrected chi connectivity index (χ3v) is 6.11. The minimum Gasteiger partial charge on any atom is -0.309 e. The summed E-state index contributed by atoms with van der Waals surface area (Å²) in [6.07, 6.45) is 8.46. The number of aryl methyl sites for hydroxylation is 1. The molecule has 2 fully saturated rings. The lowest BCUT2D eigenvalue weighted by atomic mass is 9.85. The number of amides is 1. The van der Waals surface area contributed by atoms with Gasteiger partial charge in [0.1, 0.15) is 0 Å². The van der Waals surface area contributed by atoms with Gasteiger partial charge in [-0.1, -0.05) is 24.6 Å². The van der Waals surface area contributed by atoms with Gasteiger partial charge in [-0.05, 0) is 68.4 Å². The number of carbonyl (C=O) groups excluding carboxylic acids is 1. The summed E-state index contributed by atoms with van der Waals surface area (Å²) in [5.41, 5.74) is 2.52. The van der Waals surface area contributed by atoms with E-state index in [4.69, 9.17) is 0 Å². The van der Waals surface area contributed by atoms with Crippen LogP contribution < -0.4 is 4.90 Å². The number of benzene rings is 1. The van der Waals surface area contributed by atoms with Gasteiger partial charge >= 0.3 is 0 Å². The van der Waals surface area contributed by atoms with Crippen LogP contribution in [0.15, 0.2) is 24.3 Å². The first-order chi connectivity index (χ1) is 10.2. The fraction of sp³-hybridized carbons (Fsp3) is 0.632. The molecule has 2 aliphatic carbocycles. The fourth-order valence-corrected chi connectivity index (χ4v) is 5.02. The molecule has 1 amide bonds. The highest BCUT2D eigenvalue weighted by molar-refractivity contribution is 5.95. The third-order valence-electron chi connectivity index (χ3n) is 6.11. The van der Waals surface area contributed by atoms with Gasteiger partial charge in [-0.3, -0.25) is 4.79 Å². The number of rotatable bonds is 2. The molecule has 1 aromatic rings. The van der Waals surface area contributed by atoms with E-state index in [1.807, 2.05) is 0 Å². The van der Waals surface area contributed by atoms with Crippen molar-refractivity contribution in [1.29, 1.82) is 0 Å². The largest absolute Gasteiger partial charge is 0.309 e. The van der Waals surface area contributed by atoms with Gasteiger partial charge in [-0.15, -0.1) is 0 Å². The first kappa shape index (κ1) is 13.4. The lowest BCUT2D eigenvalue weighted by Gasteiger charge is -2.36. The topological polar surface area (TPSA) is 20.3 Å². The summed E-state index contributed by atoms with van der Waals surface area (Å²) in [5.74, 6) is 2.80. The van der Waals surface area contributed by atoms with E-state index in [-0.39, 0.29) is 0 Å². The summed E-state index contributed by atoms with van der Waals surface area (Å²) in [6, 6.07) is 8.82. The SMILES string of the molecule is CC1CCc2ccccc2N1C(=O)CC1CC2CCC1C2. The van der Waals surface area contributed by atoms with Gasteiger partial charge in [0.15, 0.2) is 0 Å². The summed E-state index contributed by atoms with van der Waals surface area (Å²) in [4.78, 5) is 15.0. The van der Waals surface area contributed by atoms with Crippen LogP contribution in [-0.2, 0) is 11.2 Å². The maximum Gasteiger partial charge on any atom is 0.227 e. The third kappa shape index (κ3) is 2.29. The Kier molecular flexibility index (Phi) is 3.28. The minimum absolute atomic E-state index is 0.353. The molecule has 112 valence electrons. The second-order valence-corrected chi connectivity index (χ2v) is 7.42. The Morgan fingerprint density at radius 1 is 1.19 bits per heavy atom. The summed E-state index contributed by atoms with van der Waals surface area (Å²) < 4.78 is 0. The van der Waals surface area contributed by atoms with Crippen molar-refractivity contribution in [3.05, 3.63) is 29.8 Å². The Hall–Kier alpha value is -1.31. The van der Waals surface area contributed by atoms with Crippen molar-refractivity contribution in [3.63, 3.8) is 0 Å². The van der Waals surface area contributed by atoms with E-state index in [0.29, 0.717) is 17.9 Å². The summed E-state index contributed by atoms with van der Waals surface area (Å²) in [7, 11) is 0. The van der Waals surface area contributed by atoms with Crippen molar-refractivity contribution >= 4 is 11.6 Å². The highest BCUT2D eigenvalue weighted by Crippen LogP contribution is 2.50. The van der Waals surface area contributed by atoms with E-state index in [0.717, 1.165) is 31.1 Å². The van der Waals surface area contributed by atoms with Gasteiger partial charge in [0.05, 0.1) is 0 Å². The number of hydrogen-bond donors (Lipinski definition) is 0. The lowest BCUT2D eigenvalue weighted by molar-refractivity contribution is -0.120. The molecule has 0 spiro atoms. The molecule has 0 radical (unpaired) electrons. The fourth-order valence-electron chi connectivity index (χ4n) is 5.02. The van der Waals surface area contributed by atoms with Crippen LogP contribution in [0, 0.1) is 17.8 Å². The molecule has 1 aromatic carbocycles. The van der Waals surface area contributed by atoms with Crippen molar-refractivity contribution < 1.29 is 4.79 Å². The van der Waals surface area contributed by atoms with E-state index in [9.17, 15) is 4.79 Å². The van der Waals surface area contributed by atoms with E-state index >= 15 is 0 Å². The minimum atomic E-state index is 0.353. The lowest BCUT2D eigenvalue weighted by Crippen LogP contribution is -2.43. The summed E-state index contributed by atoms with van der Waals surface area (Å²) >= 11 is 0. The van der Waals surface area contributed by atoms with Crippen LogP contribution in [0.2, 0.25) is 0 Å². The van der Waals surface area contributed by atoms with E-state index in [1.54, 1.807) is 0 Å². The molecule has 2 heteroatoms. The van der Waals surface area contributed by atoms with Gasteiger partial charge in [0.2, 0.25) is 5.91 Å². The molecule has 2 nitrogen and oxygen atoms in total. The second-order valence-electron chi connectivity index (χ2n) is 7.42. The van der Waals surface area contributed by atoms with Gasteiger partial charge in [0, 0.05) is 18.2 Å². The maximum atomic E-state index is 12.9. The van der Waals surface area contributed by atoms with Crippen molar-refractivity contribution in [2.24, 2.45) is 17.8 Å². The van der Waals surface area contributed by atoms with Crippen LogP contribution in [0.25, 0.3) is 0 Å². The maximum absolute atomic E-state index is 12.9. The highest BCUT2D eigenvalue weighted by atomic mass is 16.2. The van der Waals surface area contributed by atoms with Crippen molar-refractivity contribution in [2.45, 2.75) is 57.9 Å². The van der Waals surface area contributed by atoms with Crippen molar-refractivity contribution in [2.75, 3.05) is 4.90 Å². The van der Waals surface area contributed by atoms with Crippen molar-refractivity contribution in [3.8, 4) is 0 Å². The molecular formula is C19H25NO. The molecule has 0 N–H and O–H groups in total. The zero-order valence-electron chi connectivity index (χ0n) is 12.9. The number of anilines is 1. The van der Waals surface area contributed by atoms with E-state index in [1.165, 1.54) is 36.9 Å². The smallest absolute Gasteiger partial charge is 0.227 e. The number of hydrogen-bond acceptors (Lipinski definition) is 1. The average molecular weight is 283 g/mol. The van der Waals surface area contributed by atoms with Crippen LogP contribution in [0.4, 0.5) is 5.69 Å². The molecule has 2 bridgehead atoms. The number of nitrogens with zero attached hydrogens (tertiary/aromatic N) is 1. The molecule has 21 heavy (non-hydrogen) atoms. The van der Waals surface area contributed by atoms with Crippen molar-refractivity contribution in [1.82, 2.24) is 0 Å². The van der Waals surface area contributed by atoms with Crippen LogP contribution in [-0.4, -0.2) is 11.9 Å². The average Bonchev–Trinajstić information content (AvgIpc) is 3.09. The first-order valence-electron chi connectivity index (χ1n) is 8.62.